The molecule has 1 aliphatic heterocycles. The van der Waals surface area contributed by atoms with Gasteiger partial charge in [0.1, 0.15) is 23.3 Å². The standard InChI is InChI=1S/C22H22ClF2N3O2/c1-22(2,30)21(29)27-8-7-18(13-27)28(12-15-3-5-16(24)9-20(15)25)17-6-4-14(11-26)19(23)10-17/h3-6,9-10,18,30H,7-8,12-13H2,1-2H3/t18-/m0/s1. The van der Waals surface area contributed by atoms with Gasteiger partial charge in [0.25, 0.3) is 5.91 Å². The lowest BCUT2D eigenvalue weighted by molar-refractivity contribution is -0.146. The molecule has 0 saturated carbocycles. The highest BCUT2D eigenvalue weighted by atomic mass is 35.5. The van der Waals surface area contributed by atoms with Crippen molar-refractivity contribution in [1.82, 2.24) is 4.90 Å². The Morgan fingerprint density at radius 2 is 2.07 bits per heavy atom. The van der Waals surface area contributed by atoms with E-state index in [2.05, 4.69) is 0 Å². The van der Waals surface area contributed by atoms with Crippen molar-refractivity contribution in [3.05, 3.63) is 64.2 Å². The number of halogens is 3. The smallest absolute Gasteiger partial charge is 0.254 e. The number of carbonyl (C=O) groups excluding carboxylic acids is 1. The summed E-state index contributed by atoms with van der Waals surface area (Å²) in [5.74, 6) is -1.70. The Hall–Kier alpha value is -2.69. The van der Waals surface area contributed by atoms with E-state index in [4.69, 9.17) is 16.9 Å². The molecule has 0 spiro atoms. The van der Waals surface area contributed by atoms with Gasteiger partial charge >= 0.3 is 0 Å². The lowest BCUT2D eigenvalue weighted by atomic mass is 10.1. The summed E-state index contributed by atoms with van der Waals surface area (Å²) in [4.78, 5) is 15.9. The lowest BCUT2D eigenvalue weighted by Gasteiger charge is -2.32. The fraction of sp³-hybridized carbons (Fsp3) is 0.364. The van der Waals surface area contributed by atoms with Crippen LogP contribution in [0.1, 0.15) is 31.4 Å². The fourth-order valence-corrected chi connectivity index (χ4v) is 3.82. The van der Waals surface area contributed by atoms with Crippen LogP contribution in [0.5, 0.6) is 0 Å². The van der Waals surface area contributed by atoms with Gasteiger partial charge in [0, 0.05) is 43.0 Å². The minimum atomic E-state index is -1.49. The number of likely N-dealkylation sites (tertiary alicyclic amines) is 1. The minimum Gasteiger partial charge on any atom is -0.381 e. The van der Waals surface area contributed by atoms with Crippen molar-refractivity contribution in [2.24, 2.45) is 0 Å². The number of aliphatic hydroxyl groups is 1. The van der Waals surface area contributed by atoms with Gasteiger partial charge in [-0.2, -0.15) is 5.26 Å². The Labute approximate surface area is 179 Å². The summed E-state index contributed by atoms with van der Waals surface area (Å²) in [5, 5.41) is 19.4. The average molecular weight is 434 g/mol. The summed E-state index contributed by atoms with van der Waals surface area (Å²) < 4.78 is 27.7. The van der Waals surface area contributed by atoms with Crippen molar-refractivity contribution >= 4 is 23.2 Å². The van der Waals surface area contributed by atoms with Gasteiger partial charge in [-0.1, -0.05) is 17.7 Å². The highest BCUT2D eigenvalue weighted by Gasteiger charge is 2.36. The largest absolute Gasteiger partial charge is 0.381 e. The van der Waals surface area contributed by atoms with E-state index < -0.39 is 17.2 Å². The molecule has 0 radical (unpaired) electrons. The van der Waals surface area contributed by atoms with E-state index in [-0.39, 0.29) is 23.5 Å². The van der Waals surface area contributed by atoms with Crippen molar-refractivity contribution in [3.8, 4) is 6.07 Å². The van der Waals surface area contributed by atoms with Crippen LogP contribution in [0.15, 0.2) is 36.4 Å². The monoisotopic (exact) mass is 433 g/mol. The van der Waals surface area contributed by atoms with Gasteiger partial charge in [0.15, 0.2) is 0 Å². The first-order valence-electron chi connectivity index (χ1n) is 9.52. The van der Waals surface area contributed by atoms with E-state index >= 15 is 0 Å². The van der Waals surface area contributed by atoms with E-state index in [1.165, 1.54) is 26.0 Å². The van der Waals surface area contributed by atoms with Crippen LogP contribution in [0.2, 0.25) is 5.02 Å². The molecule has 3 rings (SSSR count). The Kier molecular flexibility index (Phi) is 6.30. The molecule has 158 valence electrons. The zero-order valence-electron chi connectivity index (χ0n) is 16.7. The molecule has 30 heavy (non-hydrogen) atoms. The molecule has 1 heterocycles. The molecule has 1 amide bonds. The molecule has 0 bridgehead atoms. The molecule has 0 aliphatic carbocycles. The molecule has 1 atom stereocenters. The van der Waals surface area contributed by atoms with Crippen LogP contribution >= 0.6 is 11.6 Å². The first kappa shape index (κ1) is 22.0. The molecule has 0 aromatic heterocycles. The molecule has 2 aromatic rings. The van der Waals surface area contributed by atoms with Crippen molar-refractivity contribution in [1.29, 1.82) is 5.26 Å². The Balaban J connectivity index is 1.93. The predicted octanol–water partition coefficient (Wildman–Crippen LogP) is 3.87. The molecule has 8 heteroatoms. The van der Waals surface area contributed by atoms with E-state index in [1.54, 1.807) is 23.1 Å². The van der Waals surface area contributed by atoms with Crippen LogP contribution in [0.25, 0.3) is 0 Å². The van der Waals surface area contributed by atoms with Gasteiger partial charge in [-0.3, -0.25) is 4.79 Å². The number of anilines is 1. The number of carbonyl (C=O) groups is 1. The second kappa shape index (κ2) is 8.58. The first-order chi connectivity index (χ1) is 14.1. The first-order valence-corrected chi connectivity index (χ1v) is 9.90. The van der Waals surface area contributed by atoms with Crippen molar-refractivity contribution in [2.45, 2.75) is 38.5 Å². The number of nitriles is 1. The van der Waals surface area contributed by atoms with Gasteiger partial charge in [-0.15, -0.1) is 0 Å². The number of hydrogen-bond acceptors (Lipinski definition) is 4. The van der Waals surface area contributed by atoms with Crippen LogP contribution in [0, 0.1) is 23.0 Å². The second-order valence-electron chi connectivity index (χ2n) is 7.89. The van der Waals surface area contributed by atoms with Gasteiger partial charge in [-0.05, 0) is 44.5 Å². The summed E-state index contributed by atoms with van der Waals surface area (Å²) in [6, 6.07) is 10.2. The second-order valence-corrected chi connectivity index (χ2v) is 8.30. The number of rotatable bonds is 5. The zero-order valence-corrected chi connectivity index (χ0v) is 17.5. The maximum Gasteiger partial charge on any atom is 0.254 e. The highest BCUT2D eigenvalue weighted by molar-refractivity contribution is 6.32. The SMILES string of the molecule is CC(C)(O)C(=O)N1CC[C@H](N(Cc2ccc(F)cc2F)c2ccc(C#N)c(Cl)c2)C1. The maximum atomic E-state index is 14.3. The maximum absolute atomic E-state index is 14.3. The molecular formula is C22H22ClF2N3O2. The Morgan fingerprint density at radius 3 is 2.67 bits per heavy atom. The average Bonchev–Trinajstić information content (AvgIpc) is 3.15. The topological polar surface area (TPSA) is 67.6 Å². The van der Waals surface area contributed by atoms with Gasteiger partial charge in [0.2, 0.25) is 0 Å². The van der Waals surface area contributed by atoms with Crippen molar-refractivity contribution in [3.63, 3.8) is 0 Å². The third-order valence-electron chi connectivity index (χ3n) is 5.18. The van der Waals surface area contributed by atoms with Gasteiger partial charge in [0.05, 0.1) is 10.6 Å². The van der Waals surface area contributed by atoms with Crippen molar-refractivity contribution in [2.75, 3.05) is 18.0 Å². The molecule has 5 nitrogen and oxygen atoms in total. The van der Waals surface area contributed by atoms with Gasteiger partial charge < -0.3 is 14.9 Å². The van der Waals surface area contributed by atoms with Crippen LogP contribution in [-0.4, -0.2) is 40.6 Å². The number of nitrogens with zero attached hydrogens (tertiary/aromatic N) is 3. The van der Waals surface area contributed by atoms with Gasteiger partial charge in [-0.25, -0.2) is 8.78 Å². The van der Waals surface area contributed by atoms with E-state index in [0.29, 0.717) is 36.3 Å². The lowest BCUT2D eigenvalue weighted by Crippen LogP contribution is -2.46. The third kappa shape index (κ3) is 4.72. The molecule has 1 N–H and O–H groups in total. The normalized spacial score (nSPS) is 16.4. The van der Waals surface area contributed by atoms with E-state index in [1.807, 2.05) is 11.0 Å². The molecule has 2 aromatic carbocycles. The van der Waals surface area contributed by atoms with Crippen LogP contribution in [0.4, 0.5) is 14.5 Å². The Bertz CT molecular complexity index is 1000. The quantitative estimate of drug-likeness (QED) is 0.777. The number of amides is 1. The number of benzene rings is 2. The zero-order chi connectivity index (χ0) is 22.1. The van der Waals surface area contributed by atoms with Crippen LogP contribution in [-0.2, 0) is 11.3 Å². The molecular weight excluding hydrogens is 412 g/mol. The van der Waals surface area contributed by atoms with Crippen molar-refractivity contribution < 1.29 is 18.7 Å². The van der Waals surface area contributed by atoms with Crippen LogP contribution in [0.3, 0.4) is 0 Å². The summed E-state index contributed by atoms with van der Waals surface area (Å²) >= 11 is 6.20. The number of hydrogen-bond donors (Lipinski definition) is 1. The molecule has 0 unspecified atom stereocenters. The highest BCUT2D eigenvalue weighted by Crippen LogP contribution is 2.30. The van der Waals surface area contributed by atoms with E-state index in [9.17, 15) is 18.7 Å². The molecule has 1 fully saturated rings. The Morgan fingerprint density at radius 1 is 1.33 bits per heavy atom. The molecule has 1 aliphatic rings. The minimum absolute atomic E-state index is 0.129. The summed E-state index contributed by atoms with van der Waals surface area (Å²) in [5.41, 5.74) is -0.214. The fourth-order valence-electron chi connectivity index (χ4n) is 3.61. The van der Waals surface area contributed by atoms with Crippen LogP contribution < -0.4 is 4.90 Å². The molecule has 1 saturated heterocycles. The summed E-state index contributed by atoms with van der Waals surface area (Å²) in [6.07, 6.45) is 0.599. The summed E-state index contributed by atoms with van der Waals surface area (Å²) in [6.45, 7) is 3.79. The third-order valence-corrected chi connectivity index (χ3v) is 5.49. The summed E-state index contributed by atoms with van der Waals surface area (Å²) in [7, 11) is 0. The predicted molar refractivity (Wildman–Crippen MR) is 110 cm³/mol. The van der Waals surface area contributed by atoms with E-state index in [0.717, 1.165) is 6.07 Å².